The summed E-state index contributed by atoms with van der Waals surface area (Å²) in [5, 5.41) is 12.4. The van der Waals surface area contributed by atoms with Crippen LogP contribution in [0.25, 0.3) is 0 Å². The predicted molar refractivity (Wildman–Crippen MR) is 71.2 cm³/mol. The van der Waals surface area contributed by atoms with E-state index in [1.807, 2.05) is 30.2 Å². The third-order valence-electron chi connectivity index (χ3n) is 3.60. The fraction of sp³-hybridized carbons (Fsp3) is 0.583. The highest BCUT2D eigenvalue weighted by molar-refractivity contribution is 5.24. The molecule has 0 unspecified atom stereocenters. The van der Waals surface area contributed by atoms with Crippen LogP contribution in [0.1, 0.15) is 24.6 Å². The Morgan fingerprint density at radius 3 is 2.74 bits per heavy atom. The lowest BCUT2D eigenvalue weighted by atomic mass is 10.1. The zero-order valence-electron chi connectivity index (χ0n) is 11.1. The normalized spacial score (nSPS) is 17.9. The number of anilines is 1. The lowest BCUT2D eigenvalue weighted by molar-refractivity contribution is 0.172. The summed E-state index contributed by atoms with van der Waals surface area (Å²) in [6.07, 6.45) is 6.14. The molecule has 1 saturated heterocycles. The van der Waals surface area contributed by atoms with Gasteiger partial charge in [-0.1, -0.05) is 5.21 Å². The van der Waals surface area contributed by atoms with Crippen LogP contribution in [0.15, 0.2) is 18.5 Å². The van der Waals surface area contributed by atoms with Crippen molar-refractivity contribution in [2.24, 2.45) is 7.05 Å². The first-order valence-electron chi connectivity index (χ1n) is 6.59. The molecular weight excluding hydrogens is 242 g/mol. The van der Waals surface area contributed by atoms with Gasteiger partial charge in [-0.25, -0.2) is 0 Å². The van der Waals surface area contributed by atoms with Crippen molar-refractivity contribution in [2.45, 2.75) is 25.4 Å². The molecule has 0 amide bonds. The Hall–Kier alpha value is -1.89. The standard InChI is InChI=1S/C12H19N7/c1-17-8-10(14-16-17)9-18-5-2-11(3-6-18)19-7-4-12(13)15-19/h4,7-8,11H,2-3,5-6,9H2,1H3,(H2,13,15). The summed E-state index contributed by atoms with van der Waals surface area (Å²) in [5.74, 6) is 0.599. The summed E-state index contributed by atoms with van der Waals surface area (Å²) < 4.78 is 3.74. The molecule has 0 atom stereocenters. The molecule has 0 saturated carbocycles. The molecule has 7 heteroatoms. The van der Waals surface area contributed by atoms with Gasteiger partial charge in [0.15, 0.2) is 0 Å². The van der Waals surface area contributed by atoms with Gasteiger partial charge >= 0.3 is 0 Å². The highest BCUT2D eigenvalue weighted by Gasteiger charge is 2.21. The van der Waals surface area contributed by atoms with Crippen LogP contribution < -0.4 is 5.73 Å². The van der Waals surface area contributed by atoms with E-state index in [9.17, 15) is 0 Å². The fourth-order valence-electron chi connectivity index (χ4n) is 2.59. The number of piperidine rings is 1. The Morgan fingerprint density at radius 2 is 2.16 bits per heavy atom. The van der Waals surface area contributed by atoms with Gasteiger partial charge in [-0.05, 0) is 18.9 Å². The van der Waals surface area contributed by atoms with Crippen molar-refractivity contribution in [2.75, 3.05) is 18.8 Å². The van der Waals surface area contributed by atoms with E-state index >= 15 is 0 Å². The smallest absolute Gasteiger partial charge is 0.145 e. The summed E-state index contributed by atoms with van der Waals surface area (Å²) in [4.78, 5) is 2.41. The maximum atomic E-state index is 5.66. The fourth-order valence-corrected chi connectivity index (χ4v) is 2.59. The second-order valence-electron chi connectivity index (χ2n) is 5.11. The Kier molecular flexibility index (Phi) is 3.20. The van der Waals surface area contributed by atoms with E-state index in [1.54, 1.807) is 4.68 Å². The van der Waals surface area contributed by atoms with Crippen molar-refractivity contribution >= 4 is 5.82 Å². The maximum absolute atomic E-state index is 5.66. The molecule has 102 valence electrons. The van der Waals surface area contributed by atoms with Crippen LogP contribution >= 0.6 is 0 Å². The molecule has 1 aliphatic heterocycles. The molecule has 1 aliphatic rings. The van der Waals surface area contributed by atoms with Crippen LogP contribution in [-0.4, -0.2) is 42.8 Å². The van der Waals surface area contributed by atoms with Crippen molar-refractivity contribution in [3.05, 3.63) is 24.2 Å². The lowest BCUT2D eigenvalue weighted by Crippen LogP contribution is -2.34. The largest absolute Gasteiger partial charge is 0.382 e. The molecule has 0 aromatic carbocycles. The SMILES string of the molecule is Cn1cc(CN2CCC(n3ccc(N)n3)CC2)nn1. The van der Waals surface area contributed by atoms with Gasteiger partial charge in [-0.3, -0.25) is 14.3 Å². The first-order chi connectivity index (χ1) is 9.20. The van der Waals surface area contributed by atoms with Crippen molar-refractivity contribution < 1.29 is 0 Å². The van der Waals surface area contributed by atoms with Crippen LogP contribution in [0.3, 0.4) is 0 Å². The summed E-state index contributed by atoms with van der Waals surface area (Å²) >= 11 is 0. The van der Waals surface area contributed by atoms with Gasteiger partial charge in [-0.2, -0.15) is 5.10 Å². The molecule has 0 bridgehead atoms. The number of nitrogen functional groups attached to an aromatic ring is 1. The molecule has 19 heavy (non-hydrogen) atoms. The Labute approximate surface area is 112 Å². The summed E-state index contributed by atoms with van der Waals surface area (Å²) in [7, 11) is 1.89. The van der Waals surface area contributed by atoms with Gasteiger partial charge < -0.3 is 5.73 Å². The van der Waals surface area contributed by atoms with Crippen molar-refractivity contribution in [1.29, 1.82) is 0 Å². The minimum absolute atomic E-state index is 0.468. The number of nitrogens with zero attached hydrogens (tertiary/aromatic N) is 6. The molecule has 2 aromatic heterocycles. The molecular formula is C12H19N7. The highest BCUT2D eigenvalue weighted by atomic mass is 15.4. The van der Waals surface area contributed by atoms with Crippen molar-refractivity contribution in [1.82, 2.24) is 29.7 Å². The summed E-state index contributed by atoms with van der Waals surface area (Å²) in [5.41, 5.74) is 6.69. The average Bonchev–Trinajstić information content (AvgIpc) is 3.00. The molecule has 3 heterocycles. The third-order valence-corrected chi connectivity index (χ3v) is 3.60. The van der Waals surface area contributed by atoms with Gasteiger partial charge in [0.2, 0.25) is 0 Å². The minimum Gasteiger partial charge on any atom is -0.382 e. The Bertz CT molecular complexity index is 536. The van der Waals surface area contributed by atoms with E-state index in [2.05, 4.69) is 20.3 Å². The zero-order valence-corrected chi connectivity index (χ0v) is 11.1. The van der Waals surface area contributed by atoms with E-state index < -0.39 is 0 Å². The first-order valence-corrected chi connectivity index (χ1v) is 6.59. The van der Waals surface area contributed by atoms with Crippen LogP contribution in [-0.2, 0) is 13.6 Å². The van der Waals surface area contributed by atoms with Crippen LogP contribution in [0.2, 0.25) is 0 Å². The van der Waals surface area contributed by atoms with Crippen LogP contribution in [0, 0.1) is 0 Å². The van der Waals surface area contributed by atoms with Crippen molar-refractivity contribution in [3.63, 3.8) is 0 Å². The van der Waals surface area contributed by atoms with E-state index in [0.29, 0.717) is 11.9 Å². The molecule has 0 radical (unpaired) electrons. The number of hydrogen-bond acceptors (Lipinski definition) is 5. The first kappa shape index (κ1) is 12.2. The van der Waals surface area contributed by atoms with Gasteiger partial charge in [0.25, 0.3) is 0 Å². The third kappa shape index (κ3) is 2.76. The number of aromatic nitrogens is 5. The van der Waals surface area contributed by atoms with Crippen LogP contribution in [0.4, 0.5) is 5.82 Å². The van der Waals surface area contributed by atoms with E-state index in [1.165, 1.54) is 0 Å². The monoisotopic (exact) mass is 261 g/mol. The number of aryl methyl sites for hydroxylation is 1. The van der Waals surface area contributed by atoms with Crippen LogP contribution in [0.5, 0.6) is 0 Å². The molecule has 2 N–H and O–H groups in total. The number of hydrogen-bond donors (Lipinski definition) is 1. The molecule has 2 aromatic rings. The van der Waals surface area contributed by atoms with Gasteiger partial charge in [0.1, 0.15) is 5.82 Å². The number of rotatable bonds is 3. The van der Waals surface area contributed by atoms with Crippen molar-refractivity contribution in [3.8, 4) is 0 Å². The Balaban J connectivity index is 1.54. The van der Waals surface area contributed by atoms with Gasteiger partial charge in [0, 0.05) is 39.1 Å². The number of likely N-dealkylation sites (tertiary alicyclic amines) is 1. The zero-order chi connectivity index (χ0) is 13.2. The molecule has 1 fully saturated rings. The lowest BCUT2D eigenvalue weighted by Gasteiger charge is -2.31. The highest BCUT2D eigenvalue weighted by Crippen LogP contribution is 2.23. The minimum atomic E-state index is 0.468. The second-order valence-corrected chi connectivity index (χ2v) is 5.11. The Morgan fingerprint density at radius 1 is 1.37 bits per heavy atom. The molecule has 3 rings (SSSR count). The van der Waals surface area contributed by atoms with E-state index in [-0.39, 0.29) is 0 Å². The van der Waals surface area contributed by atoms with Gasteiger partial charge in [-0.15, -0.1) is 5.10 Å². The summed E-state index contributed by atoms with van der Waals surface area (Å²) in [6.45, 7) is 2.99. The van der Waals surface area contributed by atoms with E-state index in [4.69, 9.17) is 5.73 Å². The quantitative estimate of drug-likeness (QED) is 0.867. The topological polar surface area (TPSA) is 77.8 Å². The average molecular weight is 261 g/mol. The molecule has 0 aliphatic carbocycles. The predicted octanol–water partition coefficient (Wildman–Crippen LogP) is 0.431. The summed E-state index contributed by atoms with van der Waals surface area (Å²) in [6, 6.07) is 2.32. The van der Waals surface area contributed by atoms with Gasteiger partial charge in [0.05, 0.1) is 11.7 Å². The van der Waals surface area contributed by atoms with E-state index in [0.717, 1.165) is 38.2 Å². The number of nitrogens with two attached hydrogens (primary N) is 1. The maximum Gasteiger partial charge on any atom is 0.145 e. The molecule has 7 nitrogen and oxygen atoms in total. The second kappa shape index (κ2) is 5.00. The molecule has 0 spiro atoms.